The molecule has 1 N–H and O–H groups in total. The van der Waals surface area contributed by atoms with Gasteiger partial charge in [0, 0.05) is 11.6 Å². The normalized spacial score (nSPS) is 10.6. The Hall–Kier alpha value is -2.82. The van der Waals surface area contributed by atoms with Crippen LogP contribution in [0.3, 0.4) is 0 Å². The topological polar surface area (TPSA) is 64.4 Å². The summed E-state index contributed by atoms with van der Waals surface area (Å²) < 4.78 is 10.8. The number of aryl methyl sites for hydroxylation is 1. The van der Waals surface area contributed by atoms with Crippen molar-refractivity contribution in [3.63, 3.8) is 0 Å². The highest BCUT2D eigenvalue weighted by molar-refractivity contribution is 6.05. The van der Waals surface area contributed by atoms with Crippen LogP contribution in [0.25, 0.3) is 11.0 Å². The molecule has 0 aliphatic heterocycles. The van der Waals surface area contributed by atoms with E-state index in [2.05, 4.69) is 10.3 Å². The van der Waals surface area contributed by atoms with E-state index < -0.39 is 0 Å². The van der Waals surface area contributed by atoms with Gasteiger partial charge in [0.05, 0.1) is 18.5 Å². The lowest BCUT2D eigenvalue weighted by Crippen LogP contribution is -2.12. The van der Waals surface area contributed by atoms with E-state index in [0.29, 0.717) is 22.7 Å². The van der Waals surface area contributed by atoms with Gasteiger partial charge in [0.2, 0.25) is 0 Å². The van der Waals surface area contributed by atoms with E-state index in [4.69, 9.17) is 9.15 Å². The first-order valence-corrected chi connectivity index (χ1v) is 6.48. The fourth-order valence-electron chi connectivity index (χ4n) is 2.19. The van der Waals surface area contributed by atoms with Crippen molar-refractivity contribution in [3.05, 3.63) is 54.0 Å². The van der Waals surface area contributed by atoms with E-state index in [1.54, 1.807) is 25.4 Å². The van der Waals surface area contributed by atoms with Crippen LogP contribution in [-0.4, -0.2) is 18.0 Å². The van der Waals surface area contributed by atoms with Crippen molar-refractivity contribution in [2.45, 2.75) is 6.92 Å². The van der Waals surface area contributed by atoms with E-state index >= 15 is 0 Å². The van der Waals surface area contributed by atoms with Crippen molar-refractivity contribution in [2.24, 2.45) is 0 Å². The number of carbonyl (C=O) groups is 1. The van der Waals surface area contributed by atoms with Gasteiger partial charge in [0.15, 0.2) is 11.5 Å². The molecule has 106 valence electrons. The van der Waals surface area contributed by atoms with Crippen LogP contribution in [0.2, 0.25) is 0 Å². The van der Waals surface area contributed by atoms with Crippen LogP contribution in [0.15, 0.2) is 47.0 Å². The highest BCUT2D eigenvalue weighted by Crippen LogP contribution is 2.27. The van der Waals surface area contributed by atoms with Gasteiger partial charge in [0.25, 0.3) is 5.91 Å². The van der Waals surface area contributed by atoms with Crippen LogP contribution >= 0.6 is 0 Å². The lowest BCUT2D eigenvalue weighted by Gasteiger charge is -2.10. The largest absolute Gasteiger partial charge is 0.493 e. The second-order valence-electron chi connectivity index (χ2n) is 4.58. The average Bonchev–Trinajstić information content (AvgIpc) is 2.91. The molecule has 0 aliphatic carbocycles. The molecular weight excluding hydrogens is 268 g/mol. The minimum absolute atomic E-state index is 0.257. The summed E-state index contributed by atoms with van der Waals surface area (Å²) in [5.41, 5.74) is 1.95. The second-order valence-corrected chi connectivity index (χ2v) is 4.58. The standard InChI is InChI=1S/C16H14N2O3/c1-10-15(20-2)12(7-8-17-10)18-16(19)14-9-11-5-3-4-6-13(11)21-14/h3-9H,1-2H3,(H,17,18,19). The Kier molecular flexibility index (Phi) is 3.31. The van der Waals surface area contributed by atoms with Gasteiger partial charge >= 0.3 is 0 Å². The van der Waals surface area contributed by atoms with Gasteiger partial charge < -0.3 is 14.5 Å². The molecule has 0 fully saturated rings. The number of furan rings is 1. The minimum Gasteiger partial charge on any atom is -0.493 e. The highest BCUT2D eigenvalue weighted by atomic mass is 16.5. The Morgan fingerprint density at radius 1 is 1.29 bits per heavy atom. The van der Waals surface area contributed by atoms with E-state index in [1.807, 2.05) is 31.2 Å². The zero-order valence-corrected chi connectivity index (χ0v) is 11.7. The molecule has 5 nitrogen and oxygen atoms in total. The number of hydrogen-bond donors (Lipinski definition) is 1. The van der Waals surface area contributed by atoms with Crippen LogP contribution in [0.4, 0.5) is 5.69 Å². The lowest BCUT2D eigenvalue weighted by molar-refractivity contribution is 0.0998. The Balaban J connectivity index is 1.91. The van der Waals surface area contributed by atoms with Crippen LogP contribution < -0.4 is 10.1 Å². The smallest absolute Gasteiger partial charge is 0.291 e. The molecule has 3 aromatic rings. The summed E-state index contributed by atoms with van der Waals surface area (Å²) in [7, 11) is 1.54. The maximum Gasteiger partial charge on any atom is 0.291 e. The number of anilines is 1. The van der Waals surface area contributed by atoms with E-state index in [0.717, 1.165) is 5.39 Å². The summed E-state index contributed by atoms with van der Waals surface area (Å²) in [6.45, 7) is 1.82. The quantitative estimate of drug-likeness (QED) is 0.799. The van der Waals surface area contributed by atoms with Gasteiger partial charge in [0.1, 0.15) is 5.58 Å². The number of nitrogens with zero attached hydrogens (tertiary/aromatic N) is 1. The molecule has 0 aliphatic rings. The number of hydrogen-bond acceptors (Lipinski definition) is 4. The summed E-state index contributed by atoms with van der Waals surface area (Å²) in [6, 6.07) is 10.9. The molecule has 3 rings (SSSR count). The molecule has 5 heteroatoms. The number of methoxy groups -OCH3 is 1. The maximum atomic E-state index is 12.3. The van der Waals surface area contributed by atoms with Crippen molar-refractivity contribution >= 4 is 22.6 Å². The number of nitrogens with one attached hydrogen (secondary N) is 1. The van der Waals surface area contributed by atoms with Gasteiger partial charge in [-0.15, -0.1) is 0 Å². The van der Waals surface area contributed by atoms with Crippen molar-refractivity contribution in [1.82, 2.24) is 4.98 Å². The zero-order chi connectivity index (χ0) is 14.8. The minimum atomic E-state index is -0.324. The first kappa shape index (κ1) is 13.2. The van der Waals surface area contributed by atoms with Gasteiger partial charge in [-0.1, -0.05) is 18.2 Å². The van der Waals surface area contributed by atoms with Gasteiger partial charge in [-0.3, -0.25) is 9.78 Å². The molecule has 21 heavy (non-hydrogen) atoms. The molecular formula is C16H14N2O3. The monoisotopic (exact) mass is 282 g/mol. The maximum absolute atomic E-state index is 12.3. The SMILES string of the molecule is COc1c(NC(=O)c2cc3ccccc3o2)ccnc1C. The van der Waals surface area contributed by atoms with Crippen LogP contribution in [0, 0.1) is 6.92 Å². The molecule has 1 amide bonds. The third-order valence-electron chi connectivity index (χ3n) is 3.18. The molecule has 0 saturated carbocycles. The molecule has 0 unspecified atom stereocenters. The van der Waals surface area contributed by atoms with E-state index in [9.17, 15) is 4.79 Å². The number of carbonyl (C=O) groups excluding carboxylic acids is 1. The Labute approximate surface area is 121 Å². The number of fused-ring (bicyclic) bond motifs is 1. The zero-order valence-electron chi connectivity index (χ0n) is 11.7. The molecule has 2 heterocycles. The molecule has 2 aromatic heterocycles. The molecule has 0 radical (unpaired) electrons. The van der Waals surface area contributed by atoms with Crippen LogP contribution in [-0.2, 0) is 0 Å². The Bertz CT molecular complexity index is 775. The fourth-order valence-corrected chi connectivity index (χ4v) is 2.19. The number of benzene rings is 1. The molecule has 0 atom stereocenters. The first-order chi connectivity index (χ1) is 10.2. The molecule has 0 saturated heterocycles. The fraction of sp³-hybridized carbons (Fsp3) is 0.125. The van der Waals surface area contributed by atoms with Gasteiger partial charge in [-0.2, -0.15) is 0 Å². The van der Waals surface area contributed by atoms with E-state index in [-0.39, 0.29) is 11.7 Å². The molecule has 0 bridgehead atoms. The number of rotatable bonds is 3. The number of amides is 1. The first-order valence-electron chi connectivity index (χ1n) is 6.48. The van der Waals surface area contributed by atoms with Crippen molar-refractivity contribution in [2.75, 3.05) is 12.4 Å². The summed E-state index contributed by atoms with van der Waals surface area (Å²) in [6.07, 6.45) is 1.62. The van der Waals surface area contributed by atoms with Crippen molar-refractivity contribution in [1.29, 1.82) is 0 Å². The van der Waals surface area contributed by atoms with Crippen LogP contribution in [0.1, 0.15) is 16.2 Å². The number of para-hydroxylation sites is 1. The number of pyridine rings is 1. The third kappa shape index (κ3) is 2.45. The Morgan fingerprint density at radius 2 is 2.10 bits per heavy atom. The second kappa shape index (κ2) is 5.28. The summed E-state index contributed by atoms with van der Waals surface area (Å²) in [5, 5.41) is 3.67. The lowest BCUT2D eigenvalue weighted by atomic mass is 10.2. The summed E-state index contributed by atoms with van der Waals surface area (Å²) in [4.78, 5) is 16.4. The Morgan fingerprint density at radius 3 is 2.86 bits per heavy atom. The number of ether oxygens (including phenoxy) is 1. The highest BCUT2D eigenvalue weighted by Gasteiger charge is 2.15. The molecule has 1 aromatic carbocycles. The predicted octanol–water partition coefficient (Wildman–Crippen LogP) is 3.40. The van der Waals surface area contributed by atoms with Crippen molar-refractivity contribution < 1.29 is 13.9 Å². The third-order valence-corrected chi connectivity index (χ3v) is 3.18. The van der Waals surface area contributed by atoms with Gasteiger partial charge in [-0.05, 0) is 25.1 Å². The van der Waals surface area contributed by atoms with Crippen LogP contribution in [0.5, 0.6) is 5.75 Å². The van der Waals surface area contributed by atoms with Crippen molar-refractivity contribution in [3.8, 4) is 5.75 Å². The summed E-state index contributed by atoms with van der Waals surface area (Å²) in [5.74, 6) is 0.477. The molecule has 0 spiro atoms. The predicted molar refractivity (Wildman–Crippen MR) is 79.7 cm³/mol. The van der Waals surface area contributed by atoms with Gasteiger partial charge in [-0.25, -0.2) is 0 Å². The van der Waals surface area contributed by atoms with E-state index in [1.165, 1.54) is 0 Å². The number of aromatic nitrogens is 1. The average molecular weight is 282 g/mol. The summed E-state index contributed by atoms with van der Waals surface area (Å²) >= 11 is 0.